The lowest BCUT2D eigenvalue weighted by atomic mass is 10.1. The SMILES string of the molecule is CCOC1Cc2ccccc2C1Nc1c(CC)nc(-c2ccc(OC)nc2C)n(C)c1=O. The summed E-state index contributed by atoms with van der Waals surface area (Å²) in [6, 6.07) is 11.9. The van der Waals surface area contributed by atoms with E-state index < -0.39 is 0 Å². The molecule has 32 heavy (non-hydrogen) atoms. The first kappa shape index (κ1) is 22.0. The number of nitrogens with zero attached hydrogens (tertiary/aromatic N) is 3. The van der Waals surface area contributed by atoms with E-state index in [0.29, 0.717) is 30.4 Å². The van der Waals surface area contributed by atoms with Crippen LogP contribution in [0, 0.1) is 6.92 Å². The number of rotatable bonds is 7. The average molecular weight is 435 g/mol. The summed E-state index contributed by atoms with van der Waals surface area (Å²) in [6.45, 7) is 6.52. The molecule has 1 aliphatic rings. The summed E-state index contributed by atoms with van der Waals surface area (Å²) in [5.41, 5.74) is 5.15. The summed E-state index contributed by atoms with van der Waals surface area (Å²) in [5, 5.41) is 3.52. The van der Waals surface area contributed by atoms with Gasteiger partial charge in [-0.2, -0.15) is 0 Å². The van der Waals surface area contributed by atoms with E-state index >= 15 is 0 Å². The highest BCUT2D eigenvalue weighted by molar-refractivity contribution is 5.62. The van der Waals surface area contributed by atoms with E-state index in [0.717, 1.165) is 23.4 Å². The normalized spacial score (nSPS) is 17.3. The Kier molecular flexibility index (Phi) is 6.28. The summed E-state index contributed by atoms with van der Waals surface area (Å²) in [7, 11) is 3.34. The van der Waals surface area contributed by atoms with E-state index in [4.69, 9.17) is 14.5 Å². The standard InChI is InChI=1S/C25H30N4O3/c1-6-19-23(28-22-18-11-9-8-10-16(18)14-20(22)32-7-2)25(30)29(4)24(27-19)17-12-13-21(31-5)26-15(17)3/h8-13,20,22,28H,6-7,14H2,1-5H3. The van der Waals surface area contributed by atoms with Gasteiger partial charge in [-0.05, 0) is 37.5 Å². The molecule has 2 unspecified atom stereocenters. The van der Waals surface area contributed by atoms with Crippen LogP contribution in [0.1, 0.15) is 42.4 Å². The number of benzene rings is 1. The number of fused-ring (bicyclic) bond motifs is 1. The Morgan fingerprint density at radius 2 is 1.94 bits per heavy atom. The maximum absolute atomic E-state index is 13.5. The van der Waals surface area contributed by atoms with Crippen LogP contribution in [0.4, 0.5) is 5.69 Å². The van der Waals surface area contributed by atoms with Gasteiger partial charge in [0.15, 0.2) is 0 Å². The minimum Gasteiger partial charge on any atom is -0.481 e. The molecule has 4 rings (SSSR count). The monoisotopic (exact) mass is 434 g/mol. The molecular weight excluding hydrogens is 404 g/mol. The maximum Gasteiger partial charge on any atom is 0.277 e. The summed E-state index contributed by atoms with van der Waals surface area (Å²) in [5.74, 6) is 1.13. The highest BCUT2D eigenvalue weighted by atomic mass is 16.5. The lowest BCUT2D eigenvalue weighted by Gasteiger charge is -2.24. The fraction of sp³-hybridized carbons (Fsp3) is 0.400. The minimum absolute atomic E-state index is 0.0282. The Bertz CT molecular complexity index is 1190. The number of ether oxygens (including phenoxy) is 2. The number of hydrogen-bond acceptors (Lipinski definition) is 6. The van der Waals surface area contributed by atoms with Gasteiger partial charge in [-0.3, -0.25) is 9.36 Å². The summed E-state index contributed by atoms with van der Waals surface area (Å²) >= 11 is 0. The highest BCUT2D eigenvalue weighted by Gasteiger charge is 2.34. The van der Waals surface area contributed by atoms with Crippen molar-refractivity contribution in [3.8, 4) is 17.3 Å². The van der Waals surface area contributed by atoms with E-state index in [1.54, 1.807) is 24.8 Å². The first-order valence-electron chi connectivity index (χ1n) is 11.1. The van der Waals surface area contributed by atoms with Crippen molar-refractivity contribution in [3.63, 3.8) is 0 Å². The predicted octanol–water partition coefficient (Wildman–Crippen LogP) is 3.84. The molecule has 0 radical (unpaired) electrons. The van der Waals surface area contributed by atoms with E-state index in [1.165, 1.54) is 11.1 Å². The van der Waals surface area contributed by atoms with Crippen molar-refractivity contribution in [2.24, 2.45) is 7.05 Å². The van der Waals surface area contributed by atoms with Crippen LogP contribution in [0.5, 0.6) is 5.88 Å². The van der Waals surface area contributed by atoms with Gasteiger partial charge in [0.05, 0.1) is 30.6 Å². The van der Waals surface area contributed by atoms with Gasteiger partial charge in [-0.15, -0.1) is 0 Å². The molecule has 0 amide bonds. The van der Waals surface area contributed by atoms with Gasteiger partial charge in [-0.25, -0.2) is 9.97 Å². The zero-order valence-corrected chi connectivity index (χ0v) is 19.3. The Morgan fingerprint density at radius 1 is 1.16 bits per heavy atom. The first-order valence-corrected chi connectivity index (χ1v) is 11.1. The van der Waals surface area contributed by atoms with Crippen LogP contribution >= 0.6 is 0 Å². The third-order valence-corrected chi connectivity index (χ3v) is 6.07. The number of nitrogens with one attached hydrogen (secondary N) is 1. The molecule has 7 nitrogen and oxygen atoms in total. The van der Waals surface area contributed by atoms with Gasteiger partial charge >= 0.3 is 0 Å². The Hall–Kier alpha value is -3.19. The second-order valence-corrected chi connectivity index (χ2v) is 7.98. The van der Waals surface area contributed by atoms with Crippen molar-refractivity contribution in [1.82, 2.24) is 14.5 Å². The second-order valence-electron chi connectivity index (χ2n) is 7.98. The number of anilines is 1. The summed E-state index contributed by atoms with van der Waals surface area (Å²) in [6.07, 6.45) is 1.42. The summed E-state index contributed by atoms with van der Waals surface area (Å²) < 4.78 is 12.8. The van der Waals surface area contributed by atoms with E-state index in [9.17, 15) is 4.79 Å². The molecule has 2 atom stereocenters. The predicted molar refractivity (Wildman–Crippen MR) is 125 cm³/mol. The maximum atomic E-state index is 13.5. The van der Waals surface area contributed by atoms with E-state index in [-0.39, 0.29) is 17.7 Å². The van der Waals surface area contributed by atoms with Crippen molar-refractivity contribution in [1.29, 1.82) is 0 Å². The molecule has 7 heteroatoms. The fourth-order valence-electron chi connectivity index (χ4n) is 4.43. The van der Waals surface area contributed by atoms with Crippen molar-refractivity contribution < 1.29 is 9.47 Å². The fourth-order valence-corrected chi connectivity index (χ4v) is 4.43. The molecule has 0 saturated carbocycles. The van der Waals surface area contributed by atoms with Crippen molar-refractivity contribution in [2.45, 2.75) is 45.8 Å². The molecule has 0 bridgehead atoms. The van der Waals surface area contributed by atoms with Crippen molar-refractivity contribution in [3.05, 3.63) is 69.3 Å². The number of hydrogen-bond donors (Lipinski definition) is 1. The van der Waals surface area contributed by atoms with Crippen LogP contribution < -0.4 is 15.6 Å². The molecule has 1 N–H and O–H groups in total. The zero-order valence-electron chi connectivity index (χ0n) is 19.3. The lowest BCUT2D eigenvalue weighted by Crippen LogP contribution is -2.31. The van der Waals surface area contributed by atoms with Crippen LogP contribution in [0.3, 0.4) is 0 Å². The largest absolute Gasteiger partial charge is 0.481 e. The lowest BCUT2D eigenvalue weighted by molar-refractivity contribution is 0.0574. The van der Waals surface area contributed by atoms with Gasteiger partial charge in [-0.1, -0.05) is 31.2 Å². The van der Waals surface area contributed by atoms with Crippen LogP contribution in [0.15, 0.2) is 41.2 Å². The van der Waals surface area contributed by atoms with Gasteiger partial charge in [0.2, 0.25) is 5.88 Å². The second kappa shape index (κ2) is 9.12. The molecule has 2 aromatic heterocycles. The quantitative estimate of drug-likeness (QED) is 0.609. The molecule has 1 aliphatic carbocycles. The summed E-state index contributed by atoms with van der Waals surface area (Å²) in [4.78, 5) is 22.8. The third kappa shape index (κ3) is 3.88. The van der Waals surface area contributed by atoms with Crippen LogP contribution in [0.2, 0.25) is 0 Å². The Balaban J connectivity index is 1.78. The Labute approximate surface area is 188 Å². The van der Waals surface area contributed by atoms with Gasteiger partial charge in [0.25, 0.3) is 5.56 Å². The molecule has 0 spiro atoms. The van der Waals surface area contributed by atoms with Crippen LogP contribution in [-0.2, 0) is 24.6 Å². The minimum atomic E-state index is -0.110. The highest BCUT2D eigenvalue weighted by Crippen LogP contribution is 2.36. The number of aromatic nitrogens is 3. The van der Waals surface area contributed by atoms with E-state index in [2.05, 4.69) is 22.4 Å². The molecule has 168 valence electrons. The number of aryl methyl sites for hydroxylation is 2. The average Bonchev–Trinajstić information content (AvgIpc) is 3.14. The first-order chi connectivity index (χ1) is 15.5. The van der Waals surface area contributed by atoms with Crippen LogP contribution in [-0.4, -0.2) is 34.4 Å². The molecule has 0 aliphatic heterocycles. The van der Waals surface area contributed by atoms with Crippen LogP contribution in [0.25, 0.3) is 11.4 Å². The van der Waals surface area contributed by atoms with Gasteiger partial charge < -0.3 is 14.8 Å². The molecule has 3 aromatic rings. The van der Waals surface area contributed by atoms with Gasteiger partial charge in [0, 0.05) is 31.7 Å². The third-order valence-electron chi connectivity index (χ3n) is 6.07. The molecule has 1 aromatic carbocycles. The molecule has 2 heterocycles. The van der Waals surface area contributed by atoms with E-state index in [1.807, 2.05) is 39.0 Å². The Morgan fingerprint density at radius 3 is 2.62 bits per heavy atom. The van der Waals surface area contributed by atoms with Crippen molar-refractivity contribution >= 4 is 5.69 Å². The number of pyridine rings is 1. The van der Waals surface area contributed by atoms with Gasteiger partial charge in [0.1, 0.15) is 11.5 Å². The topological polar surface area (TPSA) is 78.3 Å². The van der Waals surface area contributed by atoms with Crippen molar-refractivity contribution in [2.75, 3.05) is 19.0 Å². The smallest absolute Gasteiger partial charge is 0.277 e. The molecular formula is C25H30N4O3. The zero-order chi connectivity index (χ0) is 22.8. The molecule has 0 saturated heterocycles. The molecule has 0 fully saturated rings. The number of methoxy groups -OCH3 is 1.